The van der Waals surface area contributed by atoms with Gasteiger partial charge in [0.2, 0.25) is 5.91 Å². The number of carbonyl (C=O) groups is 2. The van der Waals surface area contributed by atoms with Gasteiger partial charge in [-0.1, -0.05) is 12.2 Å². The average molecular weight is 263 g/mol. The molecule has 3 rings (SSSR count). The third kappa shape index (κ3) is 2.53. The van der Waals surface area contributed by atoms with Crippen molar-refractivity contribution in [2.45, 2.75) is 44.6 Å². The number of carboxylic acid groups (broad SMARTS) is 1. The summed E-state index contributed by atoms with van der Waals surface area (Å²) in [5.41, 5.74) is 0. The van der Waals surface area contributed by atoms with Crippen LogP contribution in [0.4, 0.5) is 0 Å². The molecule has 0 aromatic carbocycles. The Morgan fingerprint density at radius 1 is 1.05 bits per heavy atom. The lowest BCUT2D eigenvalue weighted by Gasteiger charge is -2.28. The number of allylic oxidation sites excluding steroid dienone is 2. The molecule has 0 aliphatic heterocycles. The van der Waals surface area contributed by atoms with Crippen LogP contribution >= 0.6 is 0 Å². The molecular weight excluding hydrogens is 242 g/mol. The van der Waals surface area contributed by atoms with Crippen molar-refractivity contribution < 1.29 is 14.7 Å². The number of carboxylic acids is 1. The van der Waals surface area contributed by atoms with Gasteiger partial charge < -0.3 is 10.4 Å². The van der Waals surface area contributed by atoms with Crippen LogP contribution in [0.2, 0.25) is 0 Å². The standard InChI is InChI=1S/C15H21NO3/c17-14(13-8-9-1-2-11(13)7-9)16-12-5-3-10(4-6-12)15(18)19/h1-2,9-13H,3-8H2,(H,16,17)(H,18,19). The first-order valence-electron chi connectivity index (χ1n) is 7.35. The van der Waals surface area contributed by atoms with Gasteiger partial charge in [-0.2, -0.15) is 0 Å². The molecule has 2 saturated carbocycles. The van der Waals surface area contributed by atoms with E-state index in [1.807, 2.05) is 0 Å². The predicted octanol–water partition coefficient (Wildman–Crippen LogP) is 1.96. The molecule has 3 unspecified atom stereocenters. The molecule has 104 valence electrons. The van der Waals surface area contributed by atoms with E-state index >= 15 is 0 Å². The van der Waals surface area contributed by atoms with Gasteiger partial charge in [0.05, 0.1) is 5.92 Å². The molecule has 4 nitrogen and oxygen atoms in total. The minimum atomic E-state index is -0.692. The number of aliphatic carboxylic acids is 1. The number of carbonyl (C=O) groups excluding carboxylic acids is 1. The maximum absolute atomic E-state index is 12.3. The van der Waals surface area contributed by atoms with E-state index in [1.54, 1.807) is 0 Å². The van der Waals surface area contributed by atoms with Gasteiger partial charge in [-0.25, -0.2) is 0 Å². The first-order valence-corrected chi connectivity index (χ1v) is 7.35. The SMILES string of the molecule is O=C(O)C1CCC(NC(=O)C2CC3C=CC2C3)CC1. The van der Waals surface area contributed by atoms with E-state index in [1.165, 1.54) is 0 Å². The molecule has 3 aliphatic rings. The van der Waals surface area contributed by atoms with Gasteiger partial charge in [-0.05, 0) is 50.4 Å². The lowest BCUT2D eigenvalue weighted by atomic mass is 9.85. The number of rotatable bonds is 3. The van der Waals surface area contributed by atoms with Gasteiger partial charge in [0.1, 0.15) is 0 Å². The van der Waals surface area contributed by atoms with Crippen molar-refractivity contribution >= 4 is 11.9 Å². The number of nitrogens with one attached hydrogen (secondary N) is 1. The minimum Gasteiger partial charge on any atom is -0.481 e. The molecule has 2 fully saturated rings. The van der Waals surface area contributed by atoms with Crippen molar-refractivity contribution in [2.75, 3.05) is 0 Å². The summed E-state index contributed by atoms with van der Waals surface area (Å²) in [5, 5.41) is 12.1. The highest BCUT2D eigenvalue weighted by molar-refractivity contribution is 5.80. The maximum Gasteiger partial charge on any atom is 0.306 e. The summed E-state index contributed by atoms with van der Waals surface area (Å²) < 4.78 is 0. The predicted molar refractivity (Wildman–Crippen MR) is 70.4 cm³/mol. The zero-order chi connectivity index (χ0) is 13.4. The summed E-state index contributed by atoms with van der Waals surface area (Å²) in [6, 6.07) is 0.186. The number of fused-ring (bicyclic) bond motifs is 2. The van der Waals surface area contributed by atoms with Crippen LogP contribution in [-0.4, -0.2) is 23.0 Å². The Hall–Kier alpha value is -1.32. The van der Waals surface area contributed by atoms with Crippen LogP contribution < -0.4 is 5.32 Å². The van der Waals surface area contributed by atoms with Crippen molar-refractivity contribution in [1.82, 2.24) is 5.32 Å². The van der Waals surface area contributed by atoms with E-state index in [0.717, 1.165) is 25.7 Å². The Kier molecular flexibility index (Phi) is 3.33. The molecule has 0 aromatic rings. The van der Waals surface area contributed by atoms with Gasteiger partial charge in [0.15, 0.2) is 0 Å². The summed E-state index contributed by atoms with van der Waals surface area (Å²) in [6.07, 6.45) is 9.57. The highest BCUT2D eigenvalue weighted by atomic mass is 16.4. The average Bonchev–Trinajstić information content (AvgIpc) is 3.01. The first kappa shape index (κ1) is 12.7. The molecule has 0 radical (unpaired) electrons. The Labute approximate surface area is 113 Å². The number of amides is 1. The van der Waals surface area contributed by atoms with Gasteiger partial charge >= 0.3 is 5.97 Å². The zero-order valence-corrected chi connectivity index (χ0v) is 11.0. The second kappa shape index (κ2) is 4.99. The molecule has 2 bridgehead atoms. The summed E-state index contributed by atoms with van der Waals surface area (Å²) in [6.45, 7) is 0. The van der Waals surface area contributed by atoms with Gasteiger partial charge in [0, 0.05) is 12.0 Å². The van der Waals surface area contributed by atoms with E-state index in [0.29, 0.717) is 24.7 Å². The highest BCUT2D eigenvalue weighted by Gasteiger charge is 2.40. The van der Waals surface area contributed by atoms with Crippen molar-refractivity contribution in [3.8, 4) is 0 Å². The fraction of sp³-hybridized carbons (Fsp3) is 0.733. The Balaban J connectivity index is 1.49. The minimum absolute atomic E-state index is 0.159. The van der Waals surface area contributed by atoms with Crippen LogP contribution in [0.15, 0.2) is 12.2 Å². The largest absolute Gasteiger partial charge is 0.481 e. The van der Waals surface area contributed by atoms with Crippen LogP contribution in [0.3, 0.4) is 0 Å². The maximum atomic E-state index is 12.3. The molecule has 1 amide bonds. The van der Waals surface area contributed by atoms with Crippen molar-refractivity contribution in [3.05, 3.63) is 12.2 Å². The van der Waals surface area contributed by atoms with Crippen molar-refractivity contribution in [2.24, 2.45) is 23.7 Å². The second-order valence-corrected chi connectivity index (χ2v) is 6.28. The molecule has 3 atom stereocenters. The Morgan fingerprint density at radius 2 is 1.79 bits per heavy atom. The molecule has 4 heteroatoms. The van der Waals surface area contributed by atoms with Crippen LogP contribution in [-0.2, 0) is 9.59 Å². The molecule has 0 spiro atoms. The summed E-state index contributed by atoms with van der Waals surface area (Å²) in [7, 11) is 0. The van der Waals surface area contributed by atoms with Gasteiger partial charge in [-0.15, -0.1) is 0 Å². The van der Waals surface area contributed by atoms with Crippen molar-refractivity contribution in [1.29, 1.82) is 0 Å². The topological polar surface area (TPSA) is 66.4 Å². The third-order valence-corrected chi connectivity index (χ3v) is 5.04. The molecule has 0 saturated heterocycles. The zero-order valence-electron chi connectivity index (χ0n) is 11.0. The molecule has 3 aliphatic carbocycles. The molecular formula is C15H21NO3. The number of hydrogen-bond donors (Lipinski definition) is 2. The van der Waals surface area contributed by atoms with E-state index in [9.17, 15) is 9.59 Å². The molecule has 0 aromatic heterocycles. The van der Waals surface area contributed by atoms with Crippen LogP contribution in [0.1, 0.15) is 38.5 Å². The Bertz CT molecular complexity index is 410. The van der Waals surface area contributed by atoms with E-state index in [4.69, 9.17) is 5.11 Å². The summed E-state index contributed by atoms with van der Waals surface area (Å²) >= 11 is 0. The fourth-order valence-electron chi connectivity index (χ4n) is 3.88. The van der Waals surface area contributed by atoms with E-state index in [-0.39, 0.29) is 23.8 Å². The lowest BCUT2D eigenvalue weighted by Crippen LogP contribution is -2.42. The highest BCUT2D eigenvalue weighted by Crippen LogP contribution is 2.43. The Morgan fingerprint density at radius 3 is 2.32 bits per heavy atom. The molecule has 19 heavy (non-hydrogen) atoms. The van der Waals surface area contributed by atoms with Gasteiger partial charge in [-0.3, -0.25) is 9.59 Å². The van der Waals surface area contributed by atoms with Crippen LogP contribution in [0.5, 0.6) is 0 Å². The monoisotopic (exact) mass is 263 g/mol. The lowest BCUT2D eigenvalue weighted by molar-refractivity contribution is -0.142. The first-order chi connectivity index (χ1) is 9.13. The van der Waals surface area contributed by atoms with E-state index in [2.05, 4.69) is 17.5 Å². The molecule has 0 heterocycles. The third-order valence-electron chi connectivity index (χ3n) is 5.04. The van der Waals surface area contributed by atoms with Gasteiger partial charge in [0.25, 0.3) is 0 Å². The molecule has 2 N–H and O–H groups in total. The summed E-state index contributed by atoms with van der Waals surface area (Å²) in [5.74, 6) is 0.508. The smallest absolute Gasteiger partial charge is 0.306 e. The van der Waals surface area contributed by atoms with Crippen molar-refractivity contribution in [3.63, 3.8) is 0 Å². The number of hydrogen-bond acceptors (Lipinski definition) is 2. The van der Waals surface area contributed by atoms with Crippen LogP contribution in [0, 0.1) is 23.7 Å². The second-order valence-electron chi connectivity index (χ2n) is 6.28. The normalized spacial score (nSPS) is 40.3. The summed E-state index contributed by atoms with van der Waals surface area (Å²) in [4.78, 5) is 23.1. The quantitative estimate of drug-likeness (QED) is 0.765. The van der Waals surface area contributed by atoms with Crippen LogP contribution in [0.25, 0.3) is 0 Å². The van der Waals surface area contributed by atoms with E-state index < -0.39 is 5.97 Å². The fourth-order valence-corrected chi connectivity index (χ4v) is 3.88.